The Morgan fingerprint density at radius 2 is 2.00 bits per heavy atom. The predicted octanol–water partition coefficient (Wildman–Crippen LogP) is 3.05. The van der Waals surface area contributed by atoms with Crippen molar-refractivity contribution >= 4 is 33.6 Å². The van der Waals surface area contributed by atoms with Crippen molar-refractivity contribution in [2.45, 2.75) is 39.0 Å². The number of ether oxygens (including phenoxy) is 1. The SMILES string of the molecule is CC(C)N1C(=O)C(C)(C(=O)NCc2ccc(Br)cc2)Oc2cccnc21. The number of anilines is 1. The molecule has 0 saturated heterocycles. The van der Waals surface area contributed by atoms with Gasteiger partial charge in [-0.05, 0) is 50.6 Å². The van der Waals surface area contributed by atoms with E-state index in [2.05, 4.69) is 26.2 Å². The fourth-order valence-electron chi connectivity index (χ4n) is 2.81. The maximum atomic E-state index is 13.0. The van der Waals surface area contributed by atoms with E-state index in [0.29, 0.717) is 18.1 Å². The summed E-state index contributed by atoms with van der Waals surface area (Å²) in [5.41, 5.74) is -0.716. The minimum atomic E-state index is -1.64. The highest BCUT2D eigenvalue weighted by Crippen LogP contribution is 2.37. The zero-order chi connectivity index (χ0) is 18.9. The van der Waals surface area contributed by atoms with Gasteiger partial charge in [0, 0.05) is 23.3 Å². The van der Waals surface area contributed by atoms with Crippen LogP contribution >= 0.6 is 15.9 Å². The molecule has 0 radical (unpaired) electrons. The lowest BCUT2D eigenvalue weighted by atomic mass is 9.99. The Morgan fingerprint density at radius 1 is 1.31 bits per heavy atom. The van der Waals surface area contributed by atoms with Crippen molar-refractivity contribution in [3.8, 4) is 5.75 Å². The molecule has 0 spiro atoms. The van der Waals surface area contributed by atoms with Gasteiger partial charge in [-0.2, -0.15) is 0 Å². The third-order valence-corrected chi connectivity index (χ3v) is 4.76. The number of carbonyl (C=O) groups is 2. The number of aromatic nitrogens is 1. The van der Waals surface area contributed by atoms with E-state index in [0.717, 1.165) is 10.0 Å². The van der Waals surface area contributed by atoms with Gasteiger partial charge in [-0.25, -0.2) is 4.98 Å². The number of nitrogens with zero attached hydrogens (tertiary/aromatic N) is 2. The van der Waals surface area contributed by atoms with Crippen LogP contribution in [-0.4, -0.2) is 28.4 Å². The summed E-state index contributed by atoms with van der Waals surface area (Å²) in [5.74, 6) is -0.0506. The first-order chi connectivity index (χ1) is 12.3. The molecule has 6 nitrogen and oxygen atoms in total. The van der Waals surface area contributed by atoms with Crippen molar-refractivity contribution in [2.24, 2.45) is 0 Å². The molecule has 1 N–H and O–H groups in total. The molecule has 2 amide bonds. The molecule has 136 valence electrons. The van der Waals surface area contributed by atoms with Crippen molar-refractivity contribution in [3.63, 3.8) is 0 Å². The number of nitrogens with one attached hydrogen (secondary N) is 1. The normalized spacial score (nSPS) is 19.1. The molecule has 1 aliphatic rings. The molecule has 26 heavy (non-hydrogen) atoms. The van der Waals surface area contributed by atoms with E-state index < -0.39 is 17.4 Å². The van der Waals surface area contributed by atoms with Crippen molar-refractivity contribution in [1.29, 1.82) is 0 Å². The smallest absolute Gasteiger partial charge is 0.282 e. The van der Waals surface area contributed by atoms with E-state index in [1.54, 1.807) is 18.3 Å². The largest absolute Gasteiger partial charge is 0.464 e. The average molecular weight is 418 g/mol. The zero-order valence-corrected chi connectivity index (χ0v) is 16.4. The number of rotatable bonds is 4. The number of halogens is 1. The first-order valence-electron chi connectivity index (χ1n) is 8.33. The number of hydrogen-bond acceptors (Lipinski definition) is 4. The highest BCUT2D eigenvalue weighted by molar-refractivity contribution is 9.10. The fourth-order valence-corrected chi connectivity index (χ4v) is 3.07. The maximum Gasteiger partial charge on any atom is 0.282 e. The van der Waals surface area contributed by atoms with E-state index in [4.69, 9.17) is 4.74 Å². The molecule has 0 bridgehead atoms. The number of carbonyl (C=O) groups excluding carboxylic acids is 2. The Hall–Kier alpha value is -2.41. The summed E-state index contributed by atoms with van der Waals surface area (Å²) in [5, 5.41) is 2.80. The van der Waals surface area contributed by atoms with Crippen LogP contribution in [0.2, 0.25) is 0 Å². The highest BCUT2D eigenvalue weighted by Gasteiger charge is 2.51. The summed E-state index contributed by atoms with van der Waals surface area (Å²) >= 11 is 3.38. The first kappa shape index (κ1) is 18.4. The van der Waals surface area contributed by atoms with Crippen LogP contribution in [-0.2, 0) is 16.1 Å². The van der Waals surface area contributed by atoms with E-state index in [9.17, 15) is 9.59 Å². The molecule has 1 aliphatic heterocycles. The first-order valence-corrected chi connectivity index (χ1v) is 9.12. The number of fused-ring (bicyclic) bond motifs is 1. The third-order valence-electron chi connectivity index (χ3n) is 4.24. The van der Waals surface area contributed by atoms with Gasteiger partial charge in [0.2, 0.25) is 0 Å². The van der Waals surface area contributed by atoms with Gasteiger partial charge in [-0.3, -0.25) is 14.5 Å². The molecule has 1 unspecified atom stereocenters. The summed E-state index contributed by atoms with van der Waals surface area (Å²) in [4.78, 5) is 31.6. The summed E-state index contributed by atoms with van der Waals surface area (Å²) in [6.07, 6.45) is 1.60. The molecule has 3 rings (SSSR count). The Morgan fingerprint density at radius 3 is 2.65 bits per heavy atom. The monoisotopic (exact) mass is 417 g/mol. The molecule has 1 aromatic heterocycles. The van der Waals surface area contributed by atoms with Crippen LogP contribution in [0.4, 0.5) is 5.82 Å². The maximum absolute atomic E-state index is 13.0. The Bertz CT molecular complexity index is 838. The van der Waals surface area contributed by atoms with Crippen LogP contribution in [0.1, 0.15) is 26.3 Å². The van der Waals surface area contributed by atoms with Gasteiger partial charge in [-0.15, -0.1) is 0 Å². The number of pyridine rings is 1. The van der Waals surface area contributed by atoms with Crippen LogP contribution < -0.4 is 15.0 Å². The standard InChI is InChI=1S/C19H20BrN3O3/c1-12(2)23-16-15(5-4-10-21-16)26-19(3,18(23)25)17(24)22-11-13-6-8-14(20)9-7-13/h4-10,12H,11H2,1-3H3,(H,22,24). The molecule has 0 fully saturated rings. The van der Waals surface area contributed by atoms with Gasteiger partial charge in [0.05, 0.1) is 0 Å². The highest BCUT2D eigenvalue weighted by atomic mass is 79.9. The molecular formula is C19H20BrN3O3. The summed E-state index contributed by atoms with van der Waals surface area (Å²) in [6.45, 7) is 5.56. The summed E-state index contributed by atoms with van der Waals surface area (Å²) in [6, 6.07) is 10.9. The number of hydrogen-bond donors (Lipinski definition) is 1. The Kier molecular flexibility index (Phi) is 5.00. The number of benzene rings is 1. The van der Waals surface area contributed by atoms with Gasteiger partial charge >= 0.3 is 0 Å². The van der Waals surface area contributed by atoms with Gasteiger partial charge in [-0.1, -0.05) is 28.1 Å². The van der Waals surface area contributed by atoms with E-state index in [1.807, 2.05) is 38.1 Å². The lowest BCUT2D eigenvalue weighted by molar-refractivity contribution is -0.148. The zero-order valence-electron chi connectivity index (χ0n) is 14.8. The summed E-state index contributed by atoms with van der Waals surface area (Å²) < 4.78 is 6.77. The molecule has 0 aliphatic carbocycles. The van der Waals surface area contributed by atoms with Crippen molar-refractivity contribution in [2.75, 3.05) is 4.90 Å². The fraction of sp³-hybridized carbons (Fsp3) is 0.316. The lowest BCUT2D eigenvalue weighted by Crippen LogP contribution is -2.63. The molecule has 1 aromatic carbocycles. The molecule has 1 atom stereocenters. The third kappa shape index (κ3) is 3.31. The van der Waals surface area contributed by atoms with Gasteiger partial charge < -0.3 is 10.1 Å². The Labute approximate surface area is 160 Å². The van der Waals surface area contributed by atoms with Crippen LogP contribution in [0.15, 0.2) is 47.1 Å². The van der Waals surface area contributed by atoms with Gasteiger partial charge in [0.25, 0.3) is 17.4 Å². The molecule has 0 saturated carbocycles. The Balaban J connectivity index is 1.84. The van der Waals surface area contributed by atoms with Crippen LogP contribution in [0.3, 0.4) is 0 Å². The second-order valence-corrected chi connectivity index (χ2v) is 7.45. The minimum absolute atomic E-state index is 0.154. The molecule has 2 heterocycles. The van der Waals surface area contributed by atoms with Crippen LogP contribution in [0, 0.1) is 0 Å². The molecule has 7 heteroatoms. The van der Waals surface area contributed by atoms with E-state index in [-0.39, 0.29) is 6.04 Å². The van der Waals surface area contributed by atoms with Crippen molar-refractivity contribution < 1.29 is 14.3 Å². The lowest BCUT2D eigenvalue weighted by Gasteiger charge is -2.40. The van der Waals surface area contributed by atoms with E-state index >= 15 is 0 Å². The second-order valence-electron chi connectivity index (χ2n) is 6.54. The van der Waals surface area contributed by atoms with Gasteiger partial charge in [0.1, 0.15) is 0 Å². The molecule has 2 aromatic rings. The quantitative estimate of drug-likeness (QED) is 0.775. The second kappa shape index (κ2) is 7.07. The van der Waals surface area contributed by atoms with Gasteiger partial charge in [0.15, 0.2) is 11.6 Å². The van der Waals surface area contributed by atoms with Crippen molar-refractivity contribution in [3.05, 3.63) is 52.6 Å². The van der Waals surface area contributed by atoms with E-state index in [1.165, 1.54) is 11.8 Å². The topological polar surface area (TPSA) is 71.5 Å². The van der Waals surface area contributed by atoms with Crippen molar-refractivity contribution in [1.82, 2.24) is 10.3 Å². The predicted molar refractivity (Wildman–Crippen MR) is 102 cm³/mol. The molecular weight excluding hydrogens is 398 g/mol. The minimum Gasteiger partial charge on any atom is -0.464 e. The van der Waals surface area contributed by atoms with Crippen LogP contribution in [0.25, 0.3) is 0 Å². The number of amides is 2. The summed E-state index contributed by atoms with van der Waals surface area (Å²) in [7, 11) is 0. The van der Waals surface area contributed by atoms with Crippen LogP contribution in [0.5, 0.6) is 5.75 Å². The average Bonchev–Trinajstić information content (AvgIpc) is 2.61.